The van der Waals surface area contributed by atoms with Crippen LogP contribution in [0.1, 0.15) is 4.88 Å². The van der Waals surface area contributed by atoms with Crippen LogP contribution in [0.5, 0.6) is 11.5 Å². The van der Waals surface area contributed by atoms with Gasteiger partial charge in [0.15, 0.2) is 0 Å². The van der Waals surface area contributed by atoms with Gasteiger partial charge in [-0.1, -0.05) is 0 Å². The first kappa shape index (κ1) is 12.9. The summed E-state index contributed by atoms with van der Waals surface area (Å²) in [6.07, 6.45) is 0. The Balaban J connectivity index is 2.36. The van der Waals surface area contributed by atoms with Crippen LogP contribution < -0.4 is 14.8 Å². The second-order valence-electron chi connectivity index (χ2n) is 3.86. The third-order valence-electron chi connectivity index (χ3n) is 2.69. The minimum Gasteiger partial charge on any atom is -0.497 e. The molecule has 2 aromatic rings. The first-order valence-electron chi connectivity index (χ1n) is 5.74. The Hall–Kier alpha value is -1.52. The van der Waals surface area contributed by atoms with E-state index in [1.165, 1.54) is 9.75 Å². The molecule has 0 amide bonds. The van der Waals surface area contributed by atoms with Gasteiger partial charge in [-0.15, -0.1) is 11.3 Å². The number of methoxy groups -OCH3 is 2. The minimum absolute atomic E-state index is 0.808. The highest BCUT2D eigenvalue weighted by Crippen LogP contribution is 2.37. The Labute approximate surface area is 111 Å². The SMILES string of the molecule is CNCc1ccc(-c2ccc(OC)cc2OC)s1. The minimum atomic E-state index is 0.808. The molecule has 0 spiro atoms. The quantitative estimate of drug-likeness (QED) is 0.899. The van der Waals surface area contributed by atoms with Crippen molar-refractivity contribution < 1.29 is 9.47 Å². The maximum Gasteiger partial charge on any atom is 0.131 e. The summed E-state index contributed by atoms with van der Waals surface area (Å²) >= 11 is 1.77. The number of rotatable bonds is 5. The van der Waals surface area contributed by atoms with Crippen LogP contribution in [0.4, 0.5) is 0 Å². The van der Waals surface area contributed by atoms with Crippen LogP contribution in [0.2, 0.25) is 0 Å². The van der Waals surface area contributed by atoms with Crippen molar-refractivity contribution in [1.82, 2.24) is 5.32 Å². The lowest BCUT2D eigenvalue weighted by Crippen LogP contribution is -2.02. The molecule has 4 heteroatoms. The number of nitrogens with one attached hydrogen (secondary N) is 1. The molecule has 3 nitrogen and oxygen atoms in total. The zero-order valence-electron chi connectivity index (χ0n) is 10.8. The molecule has 18 heavy (non-hydrogen) atoms. The fraction of sp³-hybridized carbons (Fsp3) is 0.286. The van der Waals surface area contributed by atoms with Crippen molar-refractivity contribution in [2.45, 2.75) is 6.54 Å². The van der Waals surface area contributed by atoms with Crippen molar-refractivity contribution in [1.29, 1.82) is 0 Å². The van der Waals surface area contributed by atoms with E-state index in [0.29, 0.717) is 0 Å². The van der Waals surface area contributed by atoms with Gasteiger partial charge in [-0.3, -0.25) is 0 Å². The summed E-state index contributed by atoms with van der Waals surface area (Å²) in [5, 5.41) is 3.15. The summed E-state index contributed by atoms with van der Waals surface area (Å²) < 4.78 is 10.6. The smallest absolute Gasteiger partial charge is 0.131 e. The van der Waals surface area contributed by atoms with E-state index in [2.05, 4.69) is 17.4 Å². The first-order valence-corrected chi connectivity index (χ1v) is 6.56. The Kier molecular flexibility index (Phi) is 4.23. The molecule has 96 valence electrons. The molecule has 1 aromatic heterocycles. The van der Waals surface area contributed by atoms with Crippen molar-refractivity contribution in [3.8, 4) is 21.9 Å². The maximum atomic E-state index is 5.42. The lowest BCUT2D eigenvalue weighted by molar-refractivity contribution is 0.395. The third kappa shape index (κ3) is 2.66. The van der Waals surface area contributed by atoms with Crippen molar-refractivity contribution in [2.24, 2.45) is 0 Å². The second-order valence-corrected chi connectivity index (χ2v) is 5.03. The van der Waals surface area contributed by atoms with Gasteiger partial charge in [0.05, 0.1) is 14.2 Å². The summed E-state index contributed by atoms with van der Waals surface area (Å²) in [7, 11) is 5.29. The van der Waals surface area contributed by atoms with E-state index in [1.807, 2.05) is 25.2 Å². The number of hydrogen-bond acceptors (Lipinski definition) is 4. The highest BCUT2D eigenvalue weighted by atomic mass is 32.1. The lowest BCUT2D eigenvalue weighted by atomic mass is 10.1. The predicted octanol–water partition coefficient (Wildman–Crippen LogP) is 3.15. The molecule has 0 unspecified atom stereocenters. The number of hydrogen-bond donors (Lipinski definition) is 1. The molecule has 0 aliphatic heterocycles. The number of ether oxygens (including phenoxy) is 2. The van der Waals surface area contributed by atoms with Crippen LogP contribution in [0.15, 0.2) is 30.3 Å². The first-order chi connectivity index (χ1) is 8.78. The van der Waals surface area contributed by atoms with Crippen LogP contribution in [-0.2, 0) is 6.54 Å². The van der Waals surface area contributed by atoms with E-state index in [1.54, 1.807) is 25.6 Å². The largest absolute Gasteiger partial charge is 0.497 e. The van der Waals surface area contributed by atoms with E-state index >= 15 is 0 Å². The van der Waals surface area contributed by atoms with Gasteiger partial charge in [0.1, 0.15) is 11.5 Å². The molecular formula is C14H17NO2S. The van der Waals surface area contributed by atoms with E-state index in [-0.39, 0.29) is 0 Å². The molecule has 0 fully saturated rings. The van der Waals surface area contributed by atoms with Crippen molar-refractivity contribution >= 4 is 11.3 Å². The van der Waals surface area contributed by atoms with Gasteiger partial charge in [0.25, 0.3) is 0 Å². The predicted molar refractivity (Wildman–Crippen MR) is 75.6 cm³/mol. The normalized spacial score (nSPS) is 10.4. The third-order valence-corrected chi connectivity index (χ3v) is 3.81. The summed E-state index contributed by atoms with van der Waals surface area (Å²) in [5.74, 6) is 1.65. The van der Waals surface area contributed by atoms with E-state index < -0.39 is 0 Å². The van der Waals surface area contributed by atoms with Gasteiger partial charge in [0.2, 0.25) is 0 Å². The molecule has 0 saturated heterocycles. The maximum absolute atomic E-state index is 5.42. The second kappa shape index (κ2) is 5.89. The Bertz CT molecular complexity index is 522. The molecule has 1 heterocycles. The molecule has 1 N–H and O–H groups in total. The molecule has 0 bridgehead atoms. The van der Waals surface area contributed by atoms with Gasteiger partial charge < -0.3 is 14.8 Å². The van der Waals surface area contributed by atoms with Crippen LogP contribution in [0.3, 0.4) is 0 Å². The van der Waals surface area contributed by atoms with E-state index in [4.69, 9.17) is 9.47 Å². The van der Waals surface area contributed by atoms with Gasteiger partial charge in [0, 0.05) is 27.9 Å². The average molecular weight is 263 g/mol. The molecule has 2 rings (SSSR count). The topological polar surface area (TPSA) is 30.5 Å². The van der Waals surface area contributed by atoms with Gasteiger partial charge in [-0.2, -0.15) is 0 Å². The molecule has 0 aliphatic carbocycles. The Morgan fingerprint density at radius 1 is 1.11 bits per heavy atom. The molecule has 0 aliphatic rings. The summed E-state index contributed by atoms with van der Waals surface area (Å²) in [6.45, 7) is 0.892. The number of thiophene rings is 1. The van der Waals surface area contributed by atoms with Crippen molar-refractivity contribution in [3.63, 3.8) is 0 Å². The fourth-order valence-electron chi connectivity index (χ4n) is 1.79. The summed E-state index contributed by atoms with van der Waals surface area (Å²) in [4.78, 5) is 2.52. The highest BCUT2D eigenvalue weighted by molar-refractivity contribution is 7.15. The zero-order valence-corrected chi connectivity index (χ0v) is 11.6. The Morgan fingerprint density at radius 2 is 1.94 bits per heavy atom. The highest BCUT2D eigenvalue weighted by Gasteiger charge is 2.09. The molecular weight excluding hydrogens is 246 g/mol. The van der Waals surface area contributed by atoms with Gasteiger partial charge in [-0.25, -0.2) is 0 Å². The molecule has 0 saturated carbocycles. The number of benzene rings is 1. The average Bonchev–Trinajstić information content (AvgIpc) is 2.87. The van der Waals surface area contributed by atoms with Crippen molar-refractivity contribution in [3.05, 3.63) is 35.2 Å². The van der Waals surface area contributed by atoms with E-state index in [0.717, 1.165) is 23.6 Å². The molecule has 1 aromatic carbocycles. The van der Waals surface area contributed by atoms with Crippen molar-refractivity contribution in [2.75, 3.05) is 21.3 Å². The molecule has 0 atom stereocenters. The van der Waals surface area contributed by atoms with Crippen LogP contribution in [0, 0.1) is 0 Å². The summed E-state index contributed by atoms with van der Waals surface area (Å²) in [5.41, 5.74) is 1.10. The van der Waals surface area contributed by atoms with Crippen LogP contribution >= 0.6 is 11.3 Å². The molecule has 0 radical (unpaired) electrons. The van der Waals surface area contributed by atoms with Crippen LogP contribution in [-0.4, -0.2) is 21.3 Å². The summed E-state index contributed by atoms with van der Waals surface area (Å²) in [6, 6.07) is 10.2. The fourth-order valence-corrected chi connectivity index (χ4v) is 2.84. The van der Waals surface area contributed by atoms with Gasteiger partial charge >= 0.3 is 0 Å². The lowest BCUT2D eigenvalue weighted by Gasteiger charge is -2.08. The Morgan fingerprint density at radius 3 is 2.61 bits per heavy atom. The van der Waals surface area contributed by atoms with Crippen LogP contribution in [0.25, 0.3) is 10.4 Å². The van der Waals surface area contributed by atoms with E-state index in [9.17, 15) is 0 Å². The zero-order chi connectivity index (χ0) is 13.0. The van der Waals surface area contributed by atoms with Gasteiger partial charge in [-0.05, 0) is 31.3 Å². The monoisotopic (exact) mass is 263 g/mol. The standard InChI is InChI=1S/C14H17NO2S/c1-15-9-11-5-7-14(18-11)12-6-4-10(16-2)8-13(12)17-3/h4-8,15H,9H2,1-3H3.